The van der Waals surface area contributed by atoms with Crippen molar-refractivity contribution in [1.29, 1.82) is 0 Å². The Hall–Kier alpha value is -0.890. The Balaban J connectivity index is 0.00000312. The number of rotatable bonds is 6. The molecule has 0 radical (unpaired) electrons. The molecule has 0 bridgehead atoms. The number of piperidine rings is 1. The standard InChI is InChI=1S/C19H31FN4.HI/c1-19(2,24-13-5-4-6-14-24)15-23-18(21-3)22-12-11-16-7-9-17(20)10-8-16;/h7-10H,4-6,11-15H2,1-3H3,(H2,21,22,23);1H. The van der Waals surface area contributed by atoms with Gasteiger partial charge in [-0.3, -0.25) is 9.89 Å². The predicted molar refractivity (Wildman–Crippen MR) is 114 cm³/mol. The maximum Gasteiger partial charge on any atom is 0.191 e. The van der Waals surface area contributed by atoms with Crippen LogP contribution in [0.5, 0.6) is 0 Å². The number of likely N-dealkylation sites (tertiary alicyclic amines) is 1. The molecule has 1 aliphatic rings. The van der Waals surface area contributed by atoms with E-state index in [1.54, 1.807) is 7.05 Å². The molecule has 4 nitrogen and oxygen atoms in total. The van der Waals surface area contributed by atoms with E-state index >= 15 is 0 Å². The molecule has 1 fully saturated rings. The Morgan fingerprint density at radius 3 is 2.36 bits per heavy atom. The van der Waals surface area contributed by atoms with E-state index in [0.717, 1.165) is 31.0 Å². The van der Waals surface area contributed by atoms with Crippen LogP contribution in [-0.4, -0.2) is 49.6 Å². The summed E-state index contributed by atoms with van der Waals surface area (Å²) in [5.74, 6) is 0.631. The number of aliphatic imine (C=N–C) groups is 1. The van der Waals surface area contributed by atoms with Crippen LogP contribution in [0.25, 0.3) is 0 Å². The Bertz CT molecular complexity index is 525. The van der Waals surface area contributed by atoms with Crippen molar-refractivity contribution in [3.05, 3.63) is 35.6 Å². The first-order valence-electron chi connectivity index (χ1n) is 8.95. The van der Waals surface area contributed by atoms with Gasteiger partial charge in [0.15, 0.2) is 5.96 Å². The number of benzene rings is 1. The van der Waals surface area contributed by atoms with E-state index in [-0.39, 0.29) is 35.3 Å². The van der Waals surface area contributed by atoms with Crippen molar-refractivity contribution in [2.24, 2.45) is 4.99 Å². The van der Waals surface area contributed by atoms with Gasteiger partial charge in [0.25, 0.3) is 0 Å². The maximum atomic E-state index is 12.9. The molecule has 0 spiro atoms. The quantitative estimate of drug-likeness (QED) is 0.387. The number of hydrogen-bond donors (Lipinski definition) is 2. The normalized spacial score (nSPS) is 16.2. The summed E-state index contributed by atoms with van der Waals surface area (Å²) in [7, 11) is 1.79. The molecule has 1 heterocycles. The van der Waals surface area contributed by atoms with Gasteiger partial charge in [-0.2, -0.15) is 0 Å². The van der Waals surface area contributed by atoms with Gasteiger partial charge in [-0.1, -0.05) is 18.6 Å². The molecule has 2 N–H and O–H groups in total. The molecule has 2 rings (SSSR count). The number of nitrogens with zero attached hydrogens (tertiary/aromatic N) is 2. The topological polar surface area (TPSA) is 39.7 Å². The Morgan fingerprint density at radius 1 is 1.12 bits per heavy atom. The monoisotopic (exact) mass is 462 g/mol. The number of nitrogens with one attached hydrogen (secondary N) is 2. The second kappa shape index (κ2) is 11.0. The third kappa shape index (κ3) is 7.48. The average molecular weight is 462 g/mol. The molecule has 0 unspecified atom stereocenters. The predicted octanol–water partition coefficient (Wildman–Crippen LogP) is 3.42. The van der Waals surface area contributed by atoms with E-state index in [0.29, 0.717) is 0 Å². The Morgan fingerprint density at radius 2 is 1.76 bits per heavy atom. The molecule has 1 aromatic carbocycles. The summed E-state index contributed by atoms with van der Waals surface area (Å²) in [5.41, 5.74) is 1.24. The van der Waals surface area contributed by atoms with Crippen LogP contribution in [0.4, 0.5) is 4.39 Å². The average Bonchev–Trinajstić information content (AvgIpc) is 2.60. The van der Waals surface area contributed by atoms with Crippen molar-refractivity contribution in [2.75, 3.05) is 33.2 Å². The second-order valence-corrected chi connectivity index (χ2v) is 7.09. The zero-order valence-electron chi connectivity index (χ0n) is 15.6. The van der Waals surface area contributed by atoms with Crippen LogP contribution in [0.1, 0.15) is 38.7 Å². The summed E-state index contributed by atoms with van der Waals surface area (Å²) in [6.45, 7) is 8.59. The maximum absolute atomic E-state index is 12.9. The van der Waals surface area contributed by atoms with Gasteiger partial charge in [0.2, 0.25) is 0 Å². The molecule has 0 saturated carbocycles. The van der Waals surface area contributed by atoms with Crippen molar-refractivity contribution < 1.29 is 4.39 Å². The fourth-order valence-corrected chi connectivity index (χ4v) is 3.11. The van der Waals surface area contributed by atoms with Gasteiger partial charge in [-0.25, -0.2) is 4.39 Å². The van der Waals surface area contributed by atoms with Crippen LogP contribution in [0.2, 0.25) is 0 Å². The lowest BCUT2D eigenvalue weighted by Crippen LogP contribution is -2.55. The molecular weight excluding hydrogens is 430 g/mol. The zero-order chi connectivity index (χ0) is 17.4. The summed E-state index contributed by atoms with van der Waals surface area (Å²) in [4.78, 5) is 6.86. The smallest absolute Gasteiger partial charge is 0.191 e. The van der Waals surface area contributed by atoms with Crippen LogP contribution in [0.3, 0.4) is 0 Å². The molecule has 25 heavy (non-hydrogen) atoms. The van der Waals surface area contributed by atoms with Gasteiger partial charge in [-0.05, 0) is 63.9 Å². The summed E-state index contributed by atoms with van der Waals surface area (Å²) < 4.78 is 12.9. The highest BCUT2D eigenvalue weighted by Gasteiger charge is 2.27. The highest BCUT2D eigenvalue weighted by atomic mass is 127. The third-order valence-electron chi connectivity index (χ3n) is 4.74. The Labute approximate surface area is 168 Å². The molecule has 0 aromatic heterocycles. The van der Waals surface area contributed by atoms with E-state index in [9.17, 15) is 4.39 Å². The van der Waals surface area contributed by atoms with Crippen LogP contribution in [0.15, 0.2) is 29.3 Å². The van der Waals surface area contributed by atoms with Crippen molar-refractivity contribution >= 4 is 29.9 Å². The van der Waals surface area contributed by atoms with E-state index in [1.807, 2.05) is 12.1 Å². The minimum absolute atomic E-state index is 0. The minimum atomic E-state index is -0.191. The van der Waals surface area contributed by atoms with Crippen LogP contribution >= 0.6 is 24.0 Å². The molecule has 1 aliphatic heterocycles. The lowest BCUT2D eigenvalue weighted by Gasteiger charge is -2.41. The first-order chi connectivity index (χ1) is 11.5. The van der Waals surface area contributed by atoms with Crippen LogP contribution in [-0.2, 0) is 6.42 Å². The summed E-state index contributed by atoms with van der Waals surface area (Å²) in [6, 6.07) is 6.66. The summed E-state index contributed by atoms with van der Waals surface area (Å²) in [6.07, 6.45) is 4.80. The van der Waals surface area contributed by atoms with Gasteiger partial charge >= 0.3 is 0 Å². The molecular formula is C19H32FIN4. The summed E-state index contributed by atoms with van der Waals surface area (Å²) >= 11 is 0. The third-order valence-corrected chi connectivity index (χ3v) is 4.74. The van der Waals surface area contributed by atoms with Crippen LogP contribution < -0.4 is 10.6 Å². The van der Waals surface area contributed by atoms with Gasteiger partial charge in [-0.15, -0.1) is 24.0 Å². The SMILES string of the molecule is CN=C(NCCc1ccc(F)cc1)NCC(C)(C)N1CCCCC1.I. The van der Waals surface area contributed by atoms with E-state index in [1.165, 1.54) is 44.5 Å². The van der Waals surface area contributed by atoms with E-state index in [2.05, 4.69) is 34.4 Å². The van der Waals surface area contributed by atoms with Crippen LogP contribution in [0, 0.1) is 5.82 Å². The molecule has 1 saturated heterocycles. The number of halogens is 2. The summed E-state index contributed by atoms with van der Waals surface area (Å²) in [5, 5.41) is 6.77. The lowest BCUT2D eigenvalue weighted by atomic mass is 9.98. The fourth-order valence-electron chi connectivity index (χ4n) is 3.11. The largest absolute Gasteiger partial charge is 0.356 e. The minimum Gasteiger partial charge on any atom is -0.356 e. The molecule has 142 valence electrons. The van der Waals surface area contributed by atoms with Crippen molar-refractivity contribution in [1.82, 2.24) is 15.5 Å². The fraction of sp³-hybridized carbons (Fsp3) is 0.632. The van der Waals surface area contributed by atoms with Crippen molar-refractivity contribution in [3.63, 3.8) is 0 Å². The van der Waals surface area contributed by atoms with E-state index in [4.69, 9.17) is 0 Å². The molecule has 6 heteroatoms. The zero-order valence-corrected chi connectivity index (χ0v) is 18.0. The number of hydrogen-bond acceptors (Lipinski definition) is 2. The highest BCUT2D eigenvalue weighted by Crippen LogP contribution is 2.19. The van der Waals surface area contributed by atoms with E-state index < -0.39 is 0 Å². The second-order valence-electron chi connectivity index (χ2n) is 7.09. The lowest BCUT2D eigenvalue weighted by molar-refractivity contribution is 0.0982. The molecule has 1 aromatic rings. The van der Waals surface area contributed by atoms with Gasteiger partial charge < -0.3 is 10.6 Å². The molecule has 0 atom stereocenters. The van der Waals surface area contributed by atoms with Crippen molar-refractivity contribution in [3.8, 4) is 0 Å². The first kappa shape index (κ1) is 22.2. The molecule has 0 aliphatic carbocycles. The highest BCUT2D eigenvalue weighted by molar-refractivity contribution is 14.0. The first-order valence-corrected chi connectivity index (χ1v) is 8.95. The molecule has 0 amide bonds. The van der Waals surface area contributed by atoms with Crippen molar-refractivity contribution in [2.45, 2.75) is 45.1 Å². The van der Waals surface area contributed by atoms with Gasteiger partial charge in [0.1, 0.15) is 5.82 Å². The van der Waals surface area contributed by atoms with Gasteiger partial charge in [0.05, 0.1) is 0 Å². The number of guanidine groups is 1. The Kier molecular flexibility index (Phi) is 9.71. The van der Waals surface area contributed by atoms with Gasteiger partial charge in [0, 0.05) is 25.7 Å².